The van der Waals surface area contributed by atoms with Crippen LogP contribution in [0.4, 0.5) is 10.5 Å². The number of hydrogen-bond acceptors (Lipinski definition) is 7. The Labute approximate surface area is 241 Å². The number of carbonyl (C=O) groups is 4. The Kier molecular flexibility index (Phi) is 8.78. The number of rotatable bonds is 8. The fourth-order valence-corrected chi connectivity index (χ4v) is 5.29. The molecule has 1 saturated heterocycles. The van der Waals surface area contributed by atoms with Gasteiger partial charge in [0.05, 0.1) is 0 Å². The van der Waals surface area contributed by atoms with E-state index in [-0.39, 0.29) is 47.4 Å². The molecule has 3 atom stereocenters. The van der Waals surface area contributed by atoms with Crippen molar-refractivity contribution in [1.82, 2.24) is 19.1 Å². The summed E-state index contributed by atoms with van der Waals surface area (Å²) in [5.41, 5.74) is 13.0. The first-order valence-electron chi connectivity index (χ1n) is 11.1. The van der Waals surface area contributed by atoms with E-state index in [2.05, 4.69) is 10.3 Å². The van der Waals surface area contributed by atoms with E-state index in [0.29, 0.717) is 5.56 Å². The average Bonchev–Trinajstić information content (AvgIpc) is 3.26. The summed E-state index contributed by atoms with van der Waals surface area (Å²) in [5, 5.41) is 2.93. The van der Waals surface area contributed by atoms with Crippen molar-refractivity contribution < 1.29 is 63.1 Å². The number of urea groups is 1. The zero-order chi connectivity index (χ0) is 27.0. The molecule has 2 aromatic carbocycles. The van der Waals surface area contributed by atoms with E-state index < -0.39 is 63.7 Å². The summed E-state index contributed by atoms with van der Waals surface area (Å²) in [6.07, 6.45) is 1.66. The van der Waals surface area contributed by atoms with Crippen LogP contribution in [0.3, 0.4) is 0 Å². The molecule has 13 nitrogen and oxygen atoms in total. The first-order chi connectivity index (χ1) is 17.5. The van der Waals surface area contributed by atoms with Gasteiger partial charge in [-0.1, -0.05) is 36.4 Å². The average molecular weight is 554 g/mol. The molecule has 0 spiro atoms. The van der Waals surface area contributed by atoms with Gasteiger partial charge in [-0.25, -0.2) is 18.7 Å². The quantitative estimate of drug-likeness (QED) is 0.0834. The fraction of sp³-hybridized carbons (Fsp3) is 0.217. The number of H-pyrrole nitrogens is 1. The van der Waals surface area contributed by atoms with Crippen LogP contribution in [-0.4, -0.2) is 71.2 Å². The molecule has 2 heterocycles. The number of aromatic nitrogens is 1. The van der Waals surface area contributed by atoms with Crippen LogP contribution < -0.4 is 50.8 Å². The van der Waals surface area contributed by atoms with Crippen molar-refractivity contribution in [1.29, 1.82) is 0 Å². The third-order valence-electron chi connectivity index (χ3n) is 6.37. The molecule has 38 heavy (non-hydrogen) atoms. The van der Waals surface area contributed by atoms with Crippen LogP contribution in [0.15, 0.2) is 60.8 Å². The van der Waals surface area contributed by atoms with Crippen molar-refractivity contribution in [3.63, 3.8) is 0 Å². The van der Waals surface area contributed by atoms with Crippen molar-refractivity contribution in [2.75, 3.05) is 13.1 Å². The number of hydrogen-bond donors (Lipinski definition) is 5. The summed E-state index contributed by atoms with van der Waals surface area (Å²) in [6.45, 7) is -1.41. The second-order valence-electron chi connectivity index (χ2n) is 8.54. The second kappa shape index (κ2) is 11.3. The molecule has 4 rings (SSSR count). The van der Waals surface area contributed by atoms with Crippen LogP contribution in [0.1, 0.15) is 6.99 Å². The SMILES string of the molecule is NC(=O)NCC(=O)[N+](C(=O)[C@@H](N)Cc1c[nH]c2ccccc12)(c1ccccc1)C1CN(S(=O)(=O)O)C1=O.[H-].[Na+]. The third-order valence-corrected chi connectivity index (χ3v) is 7.25. The summed E-state index contributed by atoms with van der Waals surface area (Å²) in [7, 11) is -4.93. The van der Waals surface area contributed by atoms with Crippen LogP contribution in [0, 0.1) is 0 Å². The largest absolute Gasteiger partial charge is 1.00 e. The Hall–Kier alpha value is -3.11. The number of fused-ring (bicyclic) bond motifs is 1. The van der Waals surface area contributed by atoms with E-state index in [1.807, 2.05) is 24.3 Å². The van der Waals surface area contributed by atoms with E-state index in [4.69, 9.17) is 11.5 Å². The number of amides is 5. The van der Waals surface area contributed by atoms with Gasteiger partial charge >= 0.3 is 57.7 Å². The van der Waals surface area contributed by atoms with Crippen LogP contribution >= 0.6 is 0 Å². The van der Waals surface area contributed by atoms with Crippen molar-refractivity contribution in [3.05, 3.63) is 66.4 Å². The van der Waals surface area contributed by atoms with Gasteiger partial charge in [0.1, 0.15) is 24.8 Å². The monoisotopic (exact) mass is 553 g/mol. The molecule has 1 aromatic heterocycles. The predicted octanol–water partition coefficient (Wildman–Crippen LogP) is -3.10. The number of benzene rings is 2. The molecule has 5 amide bonds. The van der Waals surface area contributed by atoms with E-state index in [0.717, 1.165) is 10.9 Å². The number of nitrogens with two attached hydrogens (primary N) is 2. The molecule has 2 unspecified atom stereocenters. The van der Waals surface area contributed by atoms with Gasteiger partial charge in [-0.3, -0.25) is 9.35 Å². The molecule has 1 fully saturated rings. The van der Waals surface area contributed by atoms with Crippen LogP contribution in [-0.2, 0) is 31.1 Å². The van der Waals surface area contributed by atoms with E-state index in [1.54, 1.807) is 12.3 Å². The van der Waals surface area contributed by atoms with Gasteiger partial charge in [0.25, 0.3) is 5.91 Å². The van der Waals surface area contributed by atoms with Crippen molar-refractivity contribution in [2.45, 2.75) is 18.5 Å². The number of nitrogens with zero attached hydrogens (tertiary/aromatic N) is 2. The normalized spacial score (nSPS) is 17.6. The summed E-state index contributed by atoms with van der Waals surface area (Å²) in [5.74, 6) is -3.04. The van der Waals surface area contributed by atoms with Gasteiger partial charge in [-0.2, -0.15) is 12.9 Å². The second-order valence-corrected chi connectivity index (χ2v) is 9.88. The molecular weight excluding hydrogens is 527 g/mol. The summed E-state index contributed by atoms with van der Waals surface area (Å²) in [4.78, 5) is 55.3. The van der Waals surface area contributed by atoms with E-state index >= 15 is 0 Å². The van der Waals surface area contributed by atoms with Crippen molar-refractivity contribution >= 4 is 50.6 Å². The molecule has 15 heteroatoms. The van der Waals surface area contributed by atoms with Gasteiger partial charge in [0.2, 0.25) is 6.04 Å². The Morgan fingerprint density at radius 1 is 1.16 bits per heavy atom. The first kappa shape index (κ1) is 29.4. The zero-order valence-electron chi connectivity index (χ0n) is 21.4. The number of primary amides is 1. The number of imide groups is 1. The minimum atomic E-state index is -4.93. The van der Waals surface area contributed by atoms with Crippen LogP contribution in [0.5, 0.6) is 0 Å². The minimum Gasteiger partial charge on any atom is -1.00 e. The third kappa shape index (κ3) is 5.24. The van der Waals surface area contributed by atoms with Crippen molar-refractivity contribution in [2.24, 2.45) is 11.5 Å². The van der Waals surface area contributed by atoms with Crippen molar-refractivity contribution in [3.8, 4) is 0 Å². The van der Waals surface area contributed by atoms with Crippen LogP contribution in [0.25, 0.3) is 10.9 Å². The molecule has 0 saturated carbocycles. The number of quaternary nitrogens is 1. The Balaban J connectivity index is 0.00000267. The molecule has 196 valence electrons. The molecule has 1 aliphatic heterocycles. The number of aromatic amines is 1. The van der Waals surface area contributed by atoms with Gasteiger partial charge in [0, 0.05) is 35.7 Å². The van der Waals surface area contributed by atoms with E-state index in [1.165, 1.54) is 24.3 Å². The maximum absolute atomic E-state index is 14.1. The van der Waals surface area contributed by atoms with Gasteiger partial charge in [-0.15, -0.1) is 0 Å². The first-order valence-corrected chi connectivity index (χ1v) is 12.5. The number of nitrogens with one attached hydrogen (secondary N) is 2. The van der Waals surface area contributed by atoms with Gasteiger partial charge in [0.15, 0.2) is 0 Å². The smallest absolute Gasteiger partial charge is 1.00 e. The predicted molar refractivity (Wildman–Crippen MR) is 134 cm³/mol. The minimum absolute atomic E-state index is 0. The molecule has 3 aromatic rings. The molecule has 0 radical (unpaired) electrons. The maximum Gasteiger partial charge on any atom is 1.00 e. The molecular formula is C23H26N6NaO7S+. The summed E-state index contributed by atoms with van der Waals surface area (Å²) < 4.78 is 31.5. The Morgan fingerprint density at radius 3 is 2.39 bits per heavy atom. The Bertz CT molecular complexity index is 1500. The standard InChI is InChI=1S/C23H24N6O7S.Na.H/c24-17(10-14-11-26-18-9-5-4-8-16(14)18)22(32)29(15-6-2-1-3-7-15,20(30)12-27-23(25)33)19-13-28(21(19)31)37(34,35)36;;/h1-9,11,17,19,26H,10,12-13,24H2,(H3-,25,27,33,34,35,36);;/q;+1;-1/p+1/t17-,19?,29?;;/m0../s1. The molecule has 7 N–H and O–H groups in total. The fourth-order valence-electron chi connectivity index (χ4n) is 4.61. The Morgan fingerprint density at radius 2 is 1.79 bits per heavy atom. The van der Waals surface area contributed by atoms with Gasteiger partial charge in [-0.05, 0) is 11.6 Å². The van der Waals surface area contributed by atoms with Gasteiger partial charge < -0.3 is 23.2 Å². The van der Waals surface area contributed by atoms with Crippen LogP contribution in [0.2, 0.25) is 0 Å². The zero-order valence-corrected chi connectivity index (χ0v) is 23.2. The maximum atomic E-state index is 14.1. The number of carbonyl (C=O) groups excluding carboxylic acids is 4. The number of β-lactam (4-membered cyclic amide) rings is 1. The topological polar surface area (TPSA) is 206 Å². The summed E-state index contributed by atoms with van der Waals surface area (Å²) >= 11 is 0. The van der Waals surface area contributed by atoms with E-state index in [9.17, 15) is 32.1 Å². The molecule has 1 aliphatic rings. The molecule has 0 aliphatic carbocycles. The summed E-state index contributed by atoms with van der Waals surface area (Å²) in [6, 6.07) is 10.9. The molecule has 0 bridgehead atoms. The number of para-hydroxylation sites is 2.